The lowest BCUT2D eigenvalue weighted by molar-refractivity contribution is -0.132. The Kier molecular flexibility index (Phi) is 4.32. The largest absolute Gasteiger partial charge is 0.342 e. The Bertz CT molecular complexity index is 689. The molecule has 0 spiro atoms. The molecule has 2 fully saturated rings. The molecule has 24 heavy (non-hydrogen) atoms. The molecule has 0 saturated carbocycles. The van der Waals surface area contributed by atoms with Gasteiger partial charge in [0.15, 0.2) is 0 Å². The molecule has 4 rings (SSSR count). The second-order valence-corrected chi connectivity index (χ2v) is 6.74. The van der Waals surface area contributed by atoms with Crippen molar-refractivity contribution in [3.8, 4) is 0 Å². The van der Waals surface area contributed by atoms with E-state index in [0.29, 0.717) is 18.4 Å². The highest BCUT2D eigenvalue weighted by molar-refractivity contribution is 5.79. The molecule has 2 aromatic carbocycles. The topological polar surface area (TPSA) is 44.4 Å². The minimum absolute atomic E-state index is 0.235. The van der Waals surface area contributed by atoms with E-state index in [0.717, 1.165) is 25.1 Å². The van der Waals surface area contributed by atoms with Crippen LogP contribution in [0.4, 0.5) is 0 Å². The summed E-state index contributed by atoms with van der Waals surface area (Å²) in [5.74, 6) is 0.652. The molecular formula is C20H23N3O. The molecule has 2 N–H and O–H groups in total. The molecule has 2 aromatic rings. The van der Waals surface area contributed by atoms with Gasteiger partial charge in [-0.15, -0.1) is 0 Å². The Morgan fingerprint density at radius 2 is 1.71 bits per heavy atom. The highest BCUT2D eigenvalue weighted by Crippen LogP contribution is 2.33. The van der Waals surface area contributed by atoms with Crippen molar-refractivity contribution in [2.45, 2.75) is 24.9 Å². The second-order valence-electron chi connectivity index (χ2n) is 6.74. The first kappa shape index (κ1) is 15.4. The van der Waals surface area contributed by atoms with Crippen LogP contribution in [-0.2, 0) is 11.2 Å². The van der Waals surface area contributed by atoms with E-state index in [9.17, 15) is 4.79 Å². The quantitative estimate of drug-likeness (QED) is 0.912. The van der Waals surface area contributed by atoms with Crippen LogP contribution in [0.25, 0.3) is 0 Å². The van der Waals surface area contributed by atoms with Crippen molar-refractivity contribution >= 4 is 5.91 Å². The zero-order chi connectivity index (χ0) is 16.4. The van der Waals surface area contributed by atoms with Crippen molar-refractivity contribution in [3.05, 3.63) is 71.8 Å². The summed E-state index contributed by atoms with van der Waals surface area (Å²) < 4.78 is 0. The number of carbonyl (C=O) groups is 1. The fourth-order valence-electron chi connectivity index (χ4n) is 3.90. The molecular weight excluding hydrogens is 298 g/mol. The lowest BCUT2D eigenvalue weighted by Crippen LogP contribution is -2.48. The Labute approximate surface area is 142 Å². The van der Waals surface area contributed by atoms with Gasteiger partial charge in [0.25, 0.3) is 0 Å². The number of nitrogens with one attached hydrogen (secondary N) is 2. The average Bonchev–Trinajstić information content (AvgIpc) is 3.06. The molecule has 0 radical (unpaired) electrons. The number of piperidine rings is 1. The first-order valence-corrected chi connectivity index (χ1v) is 8.69. The zero-order valence-corrected chi connectivity index (χ0v) is 13.7. The number of benzene rings is 2. The number of hydrogen-bond acceptors (Lipinski definition) is 3. The molecule has 4 heteroatoms. The van der Waals surface area contributed by atoms with E-state index >= 15 is 0 Å². The monoisotopic (exact) mass is 321 g/mol. The summed E-state index contributed by atoms with van der Waals surface area (Å²) in [6, 6.07) is 21.2. The number of nitrogens with zero attached hydrogens (tertiary/aromatic N) is 1. The third-order valence-corrected chi connectivity index (χ3v) is 5.22. The predicted molar refractivity (Wildman–Crippen MR) is 94.1 cm³/mol. The number of fused-ring (bicyclic) bond motifs is 1. The lowest BCUT2D eigenvalue weighted by Gasteiger charge is -2.36. The number of rotatable bonds is 3. The summed E-state index contributed by atoms with van der Waals surface area (Å²) in [6.45, 7) is 1.65. The number of hydrogen-bond donors (Lipinski definition) is 2. The second kappa shape index (κ2) is 6.75. The first-order valence-electron chi connectivity index (χ1n) is 8.69. The van der Waals surface area contributed by atoms with Crippen molar-refractivity contribution in [1.82, 2.24) is 15.8 Å². The van der Waals surface area contributed by atoms with E-state index in [4.69, 9.17) is 0 Å². The van der Waals surface area contributed by atoms with Gasteiger partial charge in [0.1, 0.15) is 0 Å². The molecule has 0 aromatic heterocycles. The highest BCUT2D eigenvalue weighted by atomic mass is 16.2. The number of amides is 1. The minimum Gasteiger partial charge on any atom is -0.342 e. The fraction of sp³-hybridized carbons (Fsp3) is 0.350. The van der Waals surface area contributed by atoms with E-state index < -0.39 is 0 Å². The third kappa shape index (κ3) is 3.07. The Hall–Kier alpha value is -2.17. The van der Waals surface area contributed by atoms with Crippen LogP contribution in [0, 0.1) is 5.92 Å². The van der Waals surface area contributed by atoms with E-state index in [-0.39, 0.29) is 11.9 Å². The summed E-state index contributed by atoms with van der Waals surface area (Å²) in [6.07, 6.45) is 1.50. The van der Waals surface area contributed by atoms with Crippen molar-refractivity contribution in [2.75, 3.05) is 13.1 Å². The maximum absolute atomic E-state index is 12.7. The molecule has 3 atom stereocenters. The maximum atomic E-state index is 12.7. The van der Waals surface area contributed by atoms with Gasteiger partial charge < -0.3 is 4.90 Å². The van der Waals surface area contributed by atoms with Crippen LogP contribution >= 0.6 is 0 Å². The molecule has 2 aliphatic rings. The summed E-state index contributed by atoms with van der Waals surface area (Å²) >= 11 is 0. The van der Waals surface area contributed by atoms with Crippen molar-refractivity contribution < 1.29 is 4.79 Å². The van der Waals surface area contributed by atoms with Crippen LogP contribution in [0.2, 0.25) is 0 Å². The molecule has 124 valence electrons. The van der Waals surface area contributed by atoms with Crippen LogP contribution in [0.1, 0.15) is 23.6 Å². The van der Waals surface area contributed by atoms with Gasteiger partial charge in [0.05, 0.1) is 12.5 Å². The smallest absolute Gasteiger partial charge is 0.227 e. The third-order valence-electron chi connectivity index (χ3n) is 5.22. The van der Waals surface area contributed by atoms with E-state index in [1.54, 1.807) is 0 Å². The fourth-order valence-corrected chi connectivity index (χ4v) is 3.90. The van der Waals surface area contributed by atoms with Crippen LogP contribution in [0.3, 0.4) is 0 Å². The predicted octanol–water partition coefficient (Wildman–Crippen LogP) is 2.30. The Balaban J connectivity index is 1.45. The summed E-state index contributed by atoms with van der Waals surface area (Å²) in [5.41, 5.74) is 9.24. The summed E-state index contributed by atoms with van der Waals surface area (Å²) in [4.78, 5) is 14.7. The van der Waals surface area contributed by atoms with Crippen LogP contribution in [0.5, 0.6) is 0 Å². The highest BCUT2D eigenvalue weighted by Gasteiger charge is 2.41. The van der Waals surface area contributed by atoms with Crippen LogP contribution < -0.4 is 10.9 Å². The van der Waals surface area contributed by atoms with Gasteiger partial charge in [-0.1, -0.05) is 60.7 Å². The molecule has 0 bridgehead atoms. The number of likely N-dealkylation sites (tertiary alicyclic amines) is 1. The van der Waals surface area contributed by atoms with Gasteiger partial charge in [-0.2, -0.15) is 0 Å². The SMILES string of the molecule is O=C(Cc1ccccc1)N1CCC2NNC(c3ccccc3)C2C1. The lowest BCUT2D eigenvalue weighted by atomic mass is 9.85. The Morgan fingerprint density at radius 1 is 1.00 bits per heavy atom. The van der Waals surface area contributed by atoms with Gasteiger partial charge >= 0.3 is 0 Å². The van der Waals surface area contributed by atoms with E-state index in [2.05, 4.69) is 35.1 Å². The minimum atomic E-state index is 0.235. The van der Waals surface area contributed by atoms with Gasteiger partial charge in [-0.25, -0.2) is 5.43 Å². The summed E-state index contributed by atoms with van der Waals surface area (Å²) in [5, 5.41) is 0. The van der Waals surface area contributed by atoms with Crippen molar-refractivity contribution in [1.29, 1.82) is 0 Å². The van der Waals surface area contributed by atoms with E-state index in [1.165, 1.54) is 5.56 Å². The van der Waals surface area contributed by atoms with Crippen LogP contribution in [0.15, 0.2) is 60.7 Å². The van der Waals surface area contributed by atoms with Gasteiger partial charge in [-0.3, -0.25) is 10.2 Å². The molecule has 2 aliphatic heterocycles. The molecule has 0 aliphatic carbocycles. The first-order chi connectivity index (χ1) is 11.8. The molecule has 2 saturated heterocycles. The van der Waals surface area contributed by atoms with Crippen molar-refractivity contribution in [2.24, 2.45) is 5.92 Å². The molecule has 4 nitrogen and oxygen atoms in total. The number of carbonyl (C=O) groups excluding carboxylic acids is 1. The molecule has 3 unspecified atom stereocenters. The van der Waals surface area contributed by atoms with Crippen molar-refractivity contribution in [3.63, 3.8) is 0 Å². The maximum Gasteiger partial charge on any atom is 0.227 e. The Morgan fingerprint density at radius 3 is 2.46 bits per heavy atom. The van der Waals surface area contributed by atoms with E-state index in [1.807, 2.05) is 41.3 Å². The zero-order valence-electron chi connectivity index (χ0n) is 13.7. The molecule has 2 heterocycles. The average molecular weight is 321 g/mol. The molecule has 1 amide bonds. The van der Waals surface area contributed by atoms with Crippen LogP contribution in [-0.4, -0.2) is 29.9 Å². The summed E-state index contributed by atoms with van der Waals surface area (Å²) in [7, 11) is 0. The van der Waals surface area contributed by atoms with Gasteiger partial charge in [-0.05, 0) is 17.5 Å². The standard InChI is InChI=1S/C20H23N3O/c24-19(13-15-7-3-1-4-8-15)23-12-11-18-17(14-23)20(22-21-18)16-9-5-2-6-10-16/h1-10,17-18,20-22H,11-14H2. The normalized spacial score (nSPS) is 26.2. The number of hydrazine groups is 1. The van der Waals surface area contributed by atoms with Gasteiger partial charge in [0, 0.05) is 25.0 Å². The van der Waals surface area contributed by atoms with Gasteiger partial charge in [0.2, 0.25) is 5.91 Å².